The third-order valence-corrected chi connectivity index (χ3v) is 5.47. The van der Waals surface area contributed by atoms with Crippen LogP contribution in [0.25, 0.3) is 0 Å². The Morgan fingerprint density at radius 1 is 1.14 bits per heavy atom. The van der Waals surface area contributed by atoms with E-state index in [1.165, 1.54) is 14.2 Å². The summed E-state index contributed by atoms with van der Waals surface area (Å²) >= 11 is 0. The van der Waals surface area contributed by atoms with Gasteiger partial charge in [-0.05, 0) is 37.1 Å². The second-order valence-corrected chi connectivity index (χ2v) is 7.81. The summed E-state index contributed by atoms with van der Waals surface area (Å²) in [5, 5.41) is 8.41. The van der Waals surface area contributed by atoms with Crippen LogP contribution in [0.3, 0.4) is 0 Å². The highest BCUT2D eigenvalue weighted by Crippen LogP contribution is 2.28. The van der Waals surface area contributed by atoms with Crippen molar-refractivity contribution in [3.05, 3.63) is 35.4 Å². The average Bonchev–Trinajstić information content (AvgIpc) is 2.84. The number of nitrogen functional groups attached to an aromatic ring is 2. The lowest BCUT2D eigenvalue weighted by Crippen LogP contribution is -2.41. The Balaban J connectivity index is 1.58. The van der Waals surface area contributed by atoms with Crippen LogP contribution in [0, 0.1) is 5.92 Å². The monoisotopic (exact) mass is 485 g/mol. The van der Waals surface area contributed by atoms with Crippen molar-refractivity contribution in [2.75, 3.05) is 42.9 Å². The van der Waals surface area contributed by atoms with Crippen molar-refractivity contribution in [3.63, 3.8) is 0 Å². The number of methoxy groups -OCH3 is 2. The molecule has 7 N–H and O–H groups in total. The molecule has 2 heterocycles. The highest BCUT2D eigenvalue weighted by molar-refractivity contribution is 5.97. The lowest BCUT2D eigenvalue weighted by molar-refractivity contribution is -0.144. The summed E-state index contributed by atoms with van der Waals surface area (Å²) in [6.07, 6.45) is 0.338. The van der Waals surface area contributed by atoms with E-state index in [0.717, 1.165) is 0 Å². The van der Waals surface area contributed by atoms with Gasteiger partial charge in [-0.25, -0.2) is 4.79 Å². The number of nitrogens with two attached hydrogens (primary N) is 2. The minimum atomic E-state index is -0.996. The van der Waals surface area contributed by atoms with Crippen molar-refractivity contribution in [2.45, 2.75) is 25.3 Å². The third kappa shape index (κ3) is 6.34. The Kier molecular flexibility index (Phi) is 8.02. The Hall–Kier alpha value is -4.42. The van der Waals surface area contributed by atoms with Crippen molar-refractivity contribution >= 4 is 47.0 Å². The molecule has 1 aromatic heterocycles. The first-order valence-corrected chi connectivity index (χ1v) is 10.7. The number of carbonyl (C=O) groups is 4. The zero-order valence-corrected chi connectivity index (χ0v) is 19.3. The van der Waals surface area contributed by atoms with Gasteiger partial charge in [-0.3, -0.25) is 14.4 Å². The molecule has 0 aliphatic carbocycles. The number of nitrogens with one attached hydrogen (secondary N) is 3. The van der Waals surface area contributed by atoms with Crippen molar-refractivity contribution < 1.29 is 28.7 Å². The zero-order valence-electron chi connectivity index (χ0n) is 19.3. The number of fused-ring (bicyclic) bond motifs is 1. The molecule has 186 valence electrons. The fraction of sp³-hybridized carbons (Fsp3) is 0.364. The van der Waals surface area contributed by atoms with Crippen LogP contribution in [0.2, 0.25) is 0 Å². The van der Waals surface area contributed by atoms with Gasteiger partial charge in [-0.2, -0.15) is 9.97 Å². The van der Waals surface area contributed by atoms with Gasteiger partial charge in [-0.1, -0.05) is 0 Å². The highest BCUT2D eigenvalue weighted by atomic mass is 16.5. The summed E-state index contributed by atoms with van der Waals surface area (Å²) in [6.45, 7) is 0.304. The van der Waals surface area contributed by atoms with E-state index < -0.39 is 29.8 Å². The quantitative estimate of drug-likeness (QED) is 0.301. The maximum atomic E-state index is 12.6. The van der Waals surface area contributed by atoms with Crippen molar-refractivity contribution in [3.8, 4) is 0 Å². The molecule has 1 aromatic carbocycles. The largest absolute Gasteiger partial charge is 0.469 e. The van der Waals surface area contributed by atoms with Gasteiger partial charge in [0.2, 0.25) is 11.9 Å². The smallest absolute Gasteiger partial charge is 0.328 e. The van der Waals surface area contributed by atoms with Gasteiger partial charge in [0.15, 0.2) is 0 Å². The fourth-order valence-electron chi connectivity index (χ4n) is 3.52. The Morgan fingerprint density at radius 2 is 1.86 bits per heavy atom. The van der Waals surface area contributed by atoms with Gasteiger partial charge < -0.3 is 36.9 Å². The standard InChI is InChI=1S/C22H27N7O6/c1-34-16(30)8-7-15(21(33)35-2)26-19(31)11-3-5-13(6-4-11)25-10-12-9-14-17(23)27-22(24)29-18(14)28-20(12)32/h3-6,12,15,25H,7-10H2,1-2H3,(H,26,31)(H5,23,24,27,28,29,32)/t12?,15-/m0/s1. The molecule has 2 amide bonds. The summed E-state index contributed by atoms with van der Waals surface area (Å²) in [5.74, 6) is -1.78. The summed E-state index contributed by atoms with van der Waals surface area (Å²) in [5.41, 5.74) is 13.1. The summed E-state index contributed by atoms with van der Waals surface area (Å²) in [4.78, 5) is 56.3. The molecular formula is C22H27N7O6. The number of esters is 2. The SMILES string of the molecule is COC(=O)CC[C@H](NC(=O)c1ccc(NCC2Cc3c(N)nc(N)nc3NC2=O)cc1)C(=O)OC. The summed E-state index contributed by atoms with van der Waals surface area (Å²) in [6, 6.07) is 5.48. The number of aromatic nitrogens is 2. The van der Waals surface area contributed by atoms with E-state index in [1.54, 1.807) is 24.3 Å². The Morgan fingerprint density at radius 3 is 2.51 bits per heavy atom. The van der Waals surface area contributed by atoms with Gasteiger partial charge in [0, 0.05) is 29.8 Å². The van der Waals surface area contributed by atoms with Crippen LogP contribution in [-0.4, -0.2) is 60.5 Å². The average molecular weight is 486 g/mol. The van der Waals surface area contributed by atoms with E-state index in [4.69, 9.17) is 16.2 Å². The van der Waals surface area contributed by atoms with Crippen LogP contribution in [0.5, 0.6) is 0 Å². The number of anilines is 4. The molecule has 13 heteroatoms. The van der Waals surface area contributed by atoms with E-state index in [2.05, 4.69) is 30.7 Å². The zero-order chi connectivity index (χ0) is 25.5. The number of hydrogen-bond donors (Lipinski definition) is 5. The lowest BCUT2D eigenvalue weighted by atomic mass is 9.95. The van der Waals surface area contributed by atoms with Crippen molar-refractivity contribution in [1.82, 2.24) is 15.3 Å². The third-order valence-electron chi connectivity index (χ3n) is 5.47. The van der Waals surface area contributed by atoms with Crippen molar-refractivity contribution in [1.29, 1.82) is 0 Å². The highest BCUT2D eigenvalue weighted by Gasteiger charge is 2.29. The lowest BCUT2D eigenvalue weighted by Gasteiger charge is -2.25. The second-order valence-electron chi connectivity index (χ2n) is 7.81. The molecule has 0 radical (unpaired) electrons. The maximum Gasteiger partial charge on any atom is 0.328 e. The first-order valence-electron chi connectivity index (χ1n) is 10.7. The molecule has 0 spiro atoms. The van der Waals surface area contributed by atoms with E-state index >= 15 is 0 Å². The Bertz CT molecular complexity index is 1120. The van der Waals surface area contributed by atoms with Gasteiger partial charge in [0.05, 0.1) is 20.1 Å². The molecule has 35 heavy (non-hydrogen) atoms. The maximum absolute atomic E-state index is 12.6. The summed E-state index contributed by atoms with van der Waals surface area (Å²) in [7, 11) is 2.44. The first-order chi connectivity index (χ1) is 16.7. The topological polar surface area (TPSA) is 201 Å². The van der Waals surface area contributed by atoms with Crippen LogP contribution < -0.4 is 27.4 Å². The molecule has 3 rings (SSSR count). The molecule has 1 aliphatic rings. The minimum Gasteiger partial charge on any atom is -0.469 e. The molecule has 0 saturated carbocycles. The van der Waals surface area contributed by atoms with E-state index in [0.29, 0.717) is 35.6 Å². The number of amides is 2. The number of ether oxygens (including phenoxy) is 2. The molecule has 1 unspecified atom stereocenters. The van der Waals surface area contributed by atoms with Gasteiger partial charge in [0.25, 0.3) is 5.91 Å². The molecule has 2 aromatic rings. The van der Waals surface area contributed by atoms with Crippen LogP contribution in [-0.2, 0) is 30.3 Å². The molecule has 13 nitrogen and oxygen atoms in total. The van der Waals surface area contributed by atoms with E-state index in [1.807, 2.05) is 0 Å². The number of hydrogen-bond acceptors (Lipinski definition) is 11. The van der Waals surface area contributed by atoms with Crippen LogP contribution in [0.4, 0.5) is 23.3 Å². The number of nitrogens with zero attached hydrogens (tertiary/aromatic N) is 2. The van der Waals surface area contributed by atoms with Crippen LogP contribution in [0.1, 0.15) is 28.8 Å². The van der Waals surface area contributed by atoms with Crippen molar-refractivity contribution in [2.24, 2.45) is 5.92 Å². The molecule has 0 fully saturated rings. The number of rotatable bonds is 9. The molecular weight excluding hydrogens is 458 g/mol. The first kappa shape index (κ1) is 25.2. The normalized spacial score (nSPS) is 15.3. The second kappa shape index (κ2) is 11.1. The molecule has 1 aliphatic heterocycles. The summed E-state index contributed by atoms with van der Waals surface area (Å²) < 4.78 is 9.26. The number of benzene rings is 1. The van der Waals surface area contributed by atoms with E-state index in [-0.39, 0.29) is 30.5 Å². The van der Waals surface area contributed by atoms with E-state index in [9.17, 15) is 19.2 Å². The van der Waals surface area contributed by atoms with Gasteiger partial charge >= 0.3 is 11.9 Å². The fourth-order valence-corrected chi connectivity index (χ4v) is 3.52. The van der Waals surface area contributed by atoms with Crippen LogP contribution >= 0.6 is 0 Å². The predicted octanol–water partition coefficient (Wildman–Crippen LogP) is 0.0885. The van der Waals surface area contributed by atoms with Gasteiger partial charge in [-0.15, -0.1) is 0 Å². The van der Waals surface area contributed by atoms with Gasteiger partial charge in [0.1, 0.15) is 17.7 Å². The van der Waals surface area contributed by atoms with Crippen LogP contribution in [0.15, 0.2) is 24.3 Å². The number of carbonyl (C=O) groups excluding carboxylic acids is 4. The predicted molar refractivity (Wildman–Crippen MR) is 126 cm³/mol. The minimum absolute atomic E-state index is 0.0105. The molecule has 0 saturated heterocycles. The molecule has 2 atom stereocenters. The Labute approximate surface area is 201 Å². The molecule has 0 bridgehead atoms.